The second-order valence-electron chi connectivity index (χ2n) is 25.5. The summed E-state index contributed by atoms with van der Waals surface area (Å²) in [5.41, 5.74) is 0. The van der Waals surface area contributed by atoms with Crippen molar-refractivity contribution in [3.63, 3.8) is 0 Å². The third kappa shape index (κ3) is 71.7. The molecule has 2 unspecified atom stereocenters. The molecule has 0 aromatic carbocycles. The molecule has 0 amide bonds. The zero-order chi connectivity index (χ0) is 64.1. The zero-order valence-corrected chi connectivity index (χ0v) is 58.8. The highest BCUT2D eigenvalue weighted by molar-refractivity contribution is 7.45. The van der Waals surface area contributed by atoms with Crippen LogP contribution in [0.15, 0.2) is 109 Å². The van der Waals surface area contributed by atoms with Crippen LogP contribution >= 0.6 is 7.82 Å². The van der Waals surface area contributed by atoms with Crippen molar-refractivity contribution >= 4 is 19.8 Å². The molecule has 0 aliphatic rings. The van der Waals surface area contributed by atoms with Gasteiger partial charge >= 0.3 is 11.9 Å². The molecule has 0 rings (SSSR count). The lowest BCUT2D eigenvalue weighted by molar-refractivity contribution is -0.870. The molecule has 0 heterocycles. The van der Waals surface area contributed by atoms with E-state index in [1.54, 1.807) is 0 Å². The first-order valence-electron chi connectivity index (χ1n) is 36.6. The lowest BCUT2D eigenvalue weighted by atomic mass is 10.0. The number of esters is 2. The smallest absolute Gasteiger partial charge is 0.306 e. The van der Waals surface area contributed by atoms with Gasteiger partial charge in [-0.15, -0.1) is 0 Å². The maximum Gasteiger partial charge on any atom is 0.306 e. The Balaban J connectivity index is 4.00. The van der Waals surface area contributed by atoms with Gasteiger partial charge in [0.1, 0.15) is 19.8 Å². The van der Waals surface area contributed by atoms with Gasteiger partial charge in [0, 0.05) is 12.8 Å². The number of quaternary nitrogens is 1. The topological polar surface area (TPSA) is 111 Å². The molecular weight excluding hydrogens is 1110 g/mol. The molecule has 0 aliphatic heterocycles. The van der Waals surface area contributed by atoms with Gasteiger partial charge in [0.25, 0.3) is 7.82 Å². The second kappa shape index (κ2) is 68.0. The van der Waals surface area contributed by atoms with Gasteiger partial charge in [0.2, 0.25) is 0 Å². The molecule has 0 N–H and O–H groups in total. The number of hydrogen-bond donors (Lipinski definition) is 0. The van der Waals surface area contributed by atoms with Crippen LogP contribution in [0.3, 0.4) is 0 Å². The highest BCUT2D eigenvalue weighted by Gasteiger charge is 2.22. The van der Waals surface area contributed by atoms with Crippen molar-refractivity contribution in [2.24, 2.45) is 0 Å². The summed E-state index contributed by atoms with van der Waals surface area (Å²) in [4.78, 5) is 38.1. The number of carbonyl (C=O) groups is 2. The molecule has 0 fully saturated rings. The van der Waals surface area contributed by atoms with Crippen molar-refractivity contribution < 1.29 is 42.1 Å². The van der Waals surface area contributed by atoms with Crippen LogP contribution in [0.5, 0.6) is 0 Å². The minimum atomic E-state index is -4.65. The fourth-order valence-electron chi connectivity index (χ4n) is 10.3. The molecule has 0 aliphatic carbocycles. The van der Waals surface area contributed by atoms with Crippen molar-refractivity contribution in [1.82, 2.24) is 0 Å². The van der Waals surface area contributed by atoms with Crippen molar-refractivity contribution in [1.29, 1.82) is 0 Å². The standard InChI is InChI=1S/C78H138NO8P/c1-6-8-10-12-14-16-18-20-22-24-26-28-30-32-34-36-38-39-41-42-44-46-48-50-52-54-56-58-60-62-64-66-68-70-77(80)84-74-76(75-86-88(82,83)85-73-72-79(3,4)5)87-78(81)71-69-67-65-63-61-59-57-55-53-51-49-47-45-43-40-37-35-33-31-29-27-25-23-21-19-17-15-13-11-9-7-2/h8-11,14-17,20-23,26-29,33,35,76H,6-7,12-13,18-19,24-25,30-32,34,36-75H2,1-5H3/b10-8-,11-9-,16-14-,17-15-,22-20-,23-21-,28-26-,29-27-,35-33-. The van der Waals surface area contributed by atoms with E-state index in [0.717, 1.165) is 96.3 Å². The number of rotatable bonds is 67. The fraction of sp³-hybridized carbons (Fsp3) is 0.744. The van der Waals surface area contributed by atoms with Crippen molar-refractivity contribution in [2.45, 2.75) is 328 Å². The van der Waals surface area contributed by atoms with E-state index >= 15 is 0 Å². The van der Waals surface area contributed by atoms with Crippen LogP contribution in [-0.4, -0.2) is 70.0 Å². The van der Waals surface area contributed by atoms with E-state index < -0.39 is 26.5 Å². The van der Waals surface area contributed by atoms with E-state index in [2.05, 4.69) is 123 Å². The number of phosphoric ester groups is 1. The van der Waals surface area contributed by atoms with Gasteiger partial charge in [-0.2, -0.15) is 0 Å². The zero-order valence-electron chi connectivity index (χ0n) is 57.9. The molecule has 88 heavy (non-hydrogen) atoms. The Morgan fingerprint density at radius 1 is 0.352 bits per heavy atom. The molecule has 0 bridgehead atoms. The van der Waals surface area contributed by atoms with E-state index in [1.165, 1.54) is 193 Å². The first-order valence-corrected chi connectivity index (χ1v) is 38.1. The summed E-state index contributed by atoms with van der Waals surface area (Å²) >= 11 is 0. The highest BCUT2D eigenvalue weighted by Crippen LogP contribution is 2.38. The normalized spacial score (nSPS) is 13.8. The Kier molecular flexibility index (Phi) is 65.5. The summed E-state index contributed by atoms with van der Waals surface area (Å²) in [5, 5.41) is 0. The van der Waals surface area contributed by atoms with Crippen molar-refractivity contribution in [2.75, 3.05) is 47.5 Å². The van der Waals surface area contributed by atoms with Crippen LogP contribution in [0.1, 0.15) is 322 Å². The van der Waals surface area contributed by atoms with Crippen LogP contribution in [-0.2, 0) is 32.7 Å². The summed E-state index contributed by atoms with van der Waals surface area (Å²) < 4.78 is 34.4. The average molecular weight is 1250 g/mol. The average Bonchev–Trinajstić information content (AvgIpc) is 3.68. The van der Waals surface area contributed by atoms with Crippen LogP contribution in [0.4, 0.5) is 0 Å². The third-order valence-corrected chi connectivity index (χ3v) is 16.8. The molecule has 0 saturated carbocycles. The molecule has 0 radical (unpaired) electrons. The summed E-state index contributed by atoms with van der Waals surface area (Å²) in [6, 6.07) is 0. The molecule has 9 nitrogen and oxygen atoms in total. The predicted molar refractivity (Wildman–Crippen MR) is 378 cm³/mol. The maximum absolute atomic E-state index is 12.9. The Labute approximate surface area is 544 Å². The minimum absolute atomic E-state index is 0.0326. The lowest BCUT2D eigenvalue weighted by Gasteiger charge is -2.28. The number of nitrogens with zero attached hydrogens (tertiary/aromatic N) is 1. The Bertz CT molecular complexity index is 1850. The number of carbonyl (C=O) groups excluding carboxylic acids is 2. The van der Waals surface area contributed by atoms with Gasteiger partial charge in [-0.05, 0) is 96.3 Å². The Morgan fingerprint density at radius 2 is 0.614 bits per heavy atom. The Hall–Kier alpha value is -3.33. The lowest BCUT2D eigenvalue weighted by Crippen LogP contribution is -2.37. The molecule has 0 saturated heterocycles. The van der Waals surface area contributed by atoms with Gasteiger partial charge in [-0.25, -0.2) is 0 Å². The predicted octanol–water partition coefficient (Wildman–Crippen LogP) is 23.4. The van der Waals surface area contributed by atoms with Crippen LogP contribution in [0.2, 0.25) is 0 Å². The first kappa shape index (κ1) is 84.7. The molecule has 2 atom stereocenters. The highest BCUT2D eigenvalue weighted by atomic mass is 31.2. The largest absolute Gasteiger partial charge is 0.756 e. The Morgan fingerprint density at radius 3 is 0.909 bits per heavy atom. The number of likely N-dealkylation sites (N-methyl/N-ethyl adjacent to an activating group) is 1. The molecule has 10 heteroatoms. The molecule has 508 valence electrons. The number of phosphoric acid groups is 1. The van der Waals surface area contributed by atoms with Gasteiger partial charge in [-0.1, -0.05) is 322 Å². The number of hydrogen-bond acceptors (Lipinski definition) is 8. The number of allylic oxidation sites excluding steroid dienone is 18. The van der Waals surface area contributed by atoms with E-state index in [9.17, 15) is 19.0 Å². The van der Waals surface area contributed by atoms with E-state index in [4.69, 9.17) is 18.5 Å². The van der Waals surface area contributed by atoms with E-state index in [-0.39, 0.29) is 32.0 Å². The summed E-state index contributed by atoms with van der Waals surface area (Å²) in [6.45, 7) is 4.05. The summed E-state index contributed by atoms with van der Waals surface area (Å²) in [5.74, 6) is -0.823. The molecular formula is C78H138NO8P. The summed E-state index contributed by atoms with van der Waals surface area (Å²) in [6.07, 6.45) is 96.1. The molecule has 0 aromatic rings. The summed E-state index contributed by atoms with van der Waals surface area (Å²) in [7, 11) is 1.17. The first-order chi connectivity index (χ1) is 43.0. The van der Waals surface area contributed by atoms with E-state index in [1.807, 2.05) is 21.1 Å². The van der Waals surface area contributed by atoms with Crippen LogP contribution in [0.25, 0.3) is 0 Å². The van der Waals surface area contributed by atoms with Crippen LogP contribution < -0.4 is 4.89 Å². The number of unbranched alkanes of at least 4 members (excludes halogenated alkanes) is 35. The fourth-order valence-corrected chi connectivity index (χ4v) is 11.0. The van der Waals surface area contributed by atoms with Gasteiger partial charge in [-0.3, -0.25) is 14.2 Å². The maximum atomic E-state index is 12.9. The molecule has 0 spiro atoms. The van der Waals surface area contributed by atoms with Crippen molar-refractivity contribution in [3.05, 3.63) is 109 Å². The van der Waals surface area contributed by atoms with Gasteiger partial charge in [0.15, 0.2) is 6.10 Å². The van der Waals surface area contributed by atoms with Gasteiger partial charge in [0.05, 0.1) is 27.7 Å². The van der Waals surface area contributed by atoms with Gasteiger partial charge < -0.3 is 27.9 Å². The minimum Gasteiger partial charge on any atom is -0.756 e. The monoisotopic (exact) mass is 1250 g/mol. The third-order valence-electron chi connectivity index (χ3n) is 15.8. The second-order valence-corrected chi connectivity index (χ2v) is 27.0. The quantitative estimate of drug-likeness (QED) is 0.0195. The molecule has 0 aromatic heterocycles. The SMILES string of the molecule is CC/C=C\C/C=C\C/C=C\C/C=C\C/C=C\CCCCCCCCCCCCCCCCCC(=O)OC(COC(=O)CCCCCCCCCCCCCCCCCCCCCC/C=C\C/C=C\C/C=C\C/C=C\CC)COP(=O)([O-])OCC[N+](C)(C)C. The van der Waals surface area contributed by atoms with Crippen molar-refractivity contribution in [3.8, 4) is 0 Å². The number of ether oxygens (including phenoxy) is 2. The van der Waals surface area contributed by atoms with E-state index in [0.29, 0.717) is 17.4 Å². The van der Waals surface area contributed by atoms with Crippen LogP contribution in [0, 0.1) is 0 Å².